The van der Waals surface area contributed by atoms with Crippen molar-refractivity contribution >= 4 is 23.4 Å². The van der Waals surface area contributed by atoms with Crippen LogP contribution < -0.4 is 4.74 Å². The van der Waals surface area contributed by atoms with Gasteiger partial charge in [-0.2, -0.15) is 0 Å². The van der Waals surface area contributed by atoms with Gasteiger partial charge in [0.1, 0.15) is 5.03 Å². The van der Waals surface area contributed by atoms with Gasteiger partial charge in [0.05, 0.1) is 7.11 Å². The second-order valence-electron chi connectivity index (χ2n) is 2.59. The Morgan fingerprint density at radius 1 is 1.69 bits per heavy atom. The lowest BCUT2D eigenvalue weighted by molar-refractivity contribution is 0.400. The summed E-state index contributed by atoms with van der Waals surface area (Å²) in [6.45, 7) is 2.06. The van der Waals surface area contributed by atoms with Gasteiger partial charge in [0.2, 0.25) is 0 Å². The van der Waals surface area contributed by atoms with Crippen LogP contribution in [0.3, 0.4) is 0 Å². The van der Waals surface area contributed by atoms with E-state index < -0.39 is 0 Å². The molecule has 0 amide bonds. The summed E-state index contributed by atoms with van der Waals surface area (Å²) in [4.78, 5) is 4.22. The normalized spacial score (nSPS) is 12.5. The highest BCUT2D eigenvalue weighted by Crippen LogP contribution is 2.29. The fourth-order valence-corrected chi connectivity index (χ4v) is 1.86. The Balaban J connectivity index is 2.74. The molecule has 4 heteroatoms. The first-order valence-corrected chi connectivity index (χ1v) is 5.41. The van der Waals surface area contributed by atoms with E-state index in [0.717, 1.165) is 10.8 Å². The summed E-state index contributed by atoms with van der Waals surface area (Å²) in [6.07, 6.45) is 1.76. The standard InChI is InChI=1S/C9H12ClNOS/c1-7(6-10)13-9-8(12-2)4-3-5-11-9/h3-5,7H,6H2,1-2H3. The Bertz CT molecular complexity index is 270. The van der Waals surface area contributed by atoms with Gasteiger partial charge >= 0.3 is 0 Å². The van der Waals surface area contributed by atoms with Gasteiger partial charge in [-0.25, -0.2) is 4.98 Å². The summed E-state index contributed by atoms with van der Waals surface area (Å²) in [5.74, 6) is 1.43. The molecule has 0 N–H and O–H groups in total. The molecule has 2 nitrogen and oxygen atoms in total. The molecule has 72 valence electrons. The monoisotopic (exact) mass is 217 g/mol. The van der Waals surface area contributed by atoms with Crippen LogP contribution in [-0.2, 0) is 0 Å². The van der Waals surface area contributed by atoms with Crippen molar-refractivity contribution in [3.63, 3.8) is 0 Å². The minimum atomic E-state index is 0.352. The predicted octanol–water partition coefficient (Wildman–Crippen LogP) is 2.81. The fraction of sp³-hybridized carbons (Fsp3) is 0.444. The zero-order chi connectivity index (χ0) is 9.68. The topological polar surface area (TPSA) is 22.1 Å². The molecule has 1 atom stereocenters. The van der Waals surface area contributed by atoms with Gasteiger partial charge in [0, 0.05) is 17.3 Å². The van der Waals surface area contributed by atoms with E-state index in [0.29, 0.717) is 11.1 Å². The van der Waals surface area contributed by atoms with Crippen LogP contribution in [0.25, 0.3) is 0 Å². The number of hydrogen-bond donors (Lipinski definition) is 0. The van der Waals surface area contributed by atoms with E-state index in [4.69, 9.17) is 16.3 Å². The number of hydrogen-bond acceptors (Lipinski definition) is 3. The van der Waals surface area contributed by atoms with Crippen molar-refractivity contribution in [2.45, 2.75) is 17.2 Å². The third-order valence-electron chi connectivity index (χ3n) is 1.49. The van der Waals surface area contributed by atoms with Crippen LogP contribution in [-0.4, -0.2) is 23.2 Å². The number of aromatic nitrogens is 1. The van der Waals surface area contributed by atoms with E-state index in [-0.39, 0.29) is 0 Å². The first kappa shape index (κ1) is 10.7. The Morgan fingerprint density at radius 3 is 3.08 bits per heavy atom. The molecule has 1 rings (SSSR count). The van der Waals surface area contributed by atoms with Gasteiger partial charge in [0.25, 0.3) is 0 Å². The highest BCUT2D eigenvalue weighted by atomic mass is 35.5. The van der Waals surface area contributed by atoms with Gasteiger partial charge < -0.3 is 4.74 Å². The van der Waals surface area contributed by atoms with Crippen LogP contribution in [0.5, 0.6) is 5.75 Å². The van der Waals surface area contributed by atoms with Crippen LogP contribution in [0.4, 0.5) is 0 Å². The van der Waals surface area contributed by atoms with E-state index in [9.17, 15) is 0 Å². The van der Waals surface area contributed by atoms with Gasteiger partial charge in [-0.15, -0.1) is 11.6 Å². The molecular formula is C9H12ClNOS. The second kappa shape index (κ2) is 5.35. The van der Waals surface area contributed by atoms with Gasteiger partial charge in [0.15, 0.2) is 5.75 Å². The van der Waals surface area contributed by atoms with E-state index in [2.05, 4.69) is 11.9 Å². The third-order valence-corrected chi connectivity index (χ3v) is 3.23. The summed E-state index contributed by atoms with van der Waals surface area (Å²) in [7, 11) is 1.65. The maximum absolute atomic E-state index is 5.71. The lowest BCUT2D eigenvalue weighted by atomic mass is 10.5. The fourth-order valence-electron chi connectivity index (χ4n) is 0.842. The van der Waals surface area contributed by atoms with Crippen molar-refractivity contribution in [2.75, 3.05) is 13.0 Å². The minimum absolute atomic E-state index is 0.352. The molecule has 0 saturated heterocycles. The molecule has 0 saturated carbocycles. The maximum atomic E-state index is 5.71. The number of ether oxygens (including phenoxy) is 1. The Morgan fingerprint density at radius 2 is 2.46 bits per heavy atom. The molecule has 1 unspecified atom stereocenters. The lowest BCUT2D eigenvalue weighted by Gasteiger charge is -2.09. The zero-order valence-corrected chi connectivity index (χ0v) is 9.23. The summed E-state index contributed by atoms with van der Waals surface area (Å²) < 4.78 is 5.16. The Labute approximate surface area is 87.7 Å². The molecule has 13 heavy (non-hydrogen) atoms. The van der Waals surface area contributed by atoms with Gasteiger partial charge in [-0.1, -0.05) is 18.7 Å². The van der Waals surface area contributed by atoms with Crippen LogP contribution in [0.1, 0.15) is 6.92 Å². The smallest absolute Gasteiger partial charge is 0.151 e. The summed E-state index contributed by atoms with van der Waals surface area (Å²) in [5, 5.41) is 1.25. The van der Waals surface area contributed by atoms with Crippen LogP contribution in [0, 0.1) is 0 Å². The van der Waals surface area contributed by atoms with Crippen molar-refractivity contribution in [2.24, 2.45) is 0 Å². The Hall–Kier alpha value is -0.410. The van der Waals surface area contributed by atoms with E-state index in [1.165, 1.54) is 0 Å². The SMILES string of the molecule is COc1cccnc1SC(C)CCl. The summed E-state index contributed by atoms with van der Waals surface area (Å²) in [6, 6.07) is 3.75. The second-order valence-corrected chi connectivity index (χ2v) is 4.33. The number of alkyl halides is 1. The van der Waals surface area contributed by atoms with Crippen molar-refractivity contribution in [1.82, 2.24) is 4.98 Å². The number of methoxy groups -OCH3 is 1. The molecule has 1 heterocycles. The molecule has 0 spiro atoms. The summed E-state index contributed by atoms with van der Waals surface area (Å²) >= 11 is 7.33. The quantitative estimate of drug-likeness (QED) is 0.572. The molecule has 0 aliphatic rings. The molecule has 0 radical (unpaired) electrons. The molecule has 0 aliphatic heterocycles. The van der Waals surface area contributed by atoms with Crippen molar-refractivity contribution < 1.29 is 4.74 Å². The van der Waals surface area contributed by atoms with Crippen molar-refractivity contribution in [3.8, 4) is 5.75 Å². The largest absolute Gasteiger partial charge is 0.494 e. The average Bonchev–Trinajstić information content (AvgIpc) is 2.18. The summed E-state index contributed by atoms with van der Waals surface area (Å²) in [5.41, 5.74) is 0. The molecule has 1 aromatic heterocycles. The van der Waals surface area contributed by atoms with Gasteiger partial charge in [-0.3, -0.25) is 0 Å². The number of thioether (sulfide) groups is 1. The Kier molecular flexibility index (Phi) is 4.39. The maximum Gasteiger partial charge on any atom is 0.151 e. The van der Waals surface area contributed by atoms with Crippen LogP contribution >= 0.6 is 23.4 Å². The molecular weight excluding hydrogens is 206 g/mol. The first-order chi connectivity index (χ1) is 6.27. The predicted molar refractivity (Wildman–Crippen MR) is 56.8 cm³/mol. The van der Waals surface area contributed by atoms with Crippen LogP contribution in [0.15, 0.2) is 23.4 Å². The first-order valence-electron chi connectivity index (χ1n) is 3.99. The third kappa shape index (κ3) is 3.08. The number of pyridine rings is 1. The highest BCUT2D eigenvalue weighted by molar-refractivity contribution is 8.00. The molecule has 1 aromatic rings. The number of halogens is 1. The molecule has 0 fully saturated rings. The van der Waals surface area contributed by atoms with Crippen molar-refractivity contribution in [3.05, 3.63) is 18.3 Å². The van der Waals surface area contributed by atoms with E-state index in [1.54, 1.807) is 25.1 Å². The zero-order valence-electron chi connectivity index (χ0n) is 7.66. The molecule has 0 bridgehead atoms. The molecule has 0 aliphatic carbocycles. The lowest BCUT2D eigenvalue weighted by Crippen LogP contribution is -1.99. The van der Waals surface area contributed by atoms with Gasteiger partial charge in [-0.05, 0) is 12.1 Å². The van der Waals surface area contributed by atoms with E-state index >= 15 is 0 Å². The number of nitrogens with zero attached hydrogens (tertiary/aromatic N) is 1. The minimum Gasteiger partial charge on any atom is -0.494 e. The number of rotatable bonds is 4. The van der Waals surface area contributed by atoms with E-state index in [1.807, 2.05) is 12.1 Å². The average molecular weight is 218 g/mol. The van der Waals surface area contributed by atoms with Crippen LogP contribution in [0.2, 0.25) is 0 Å². The highest BCUT2D eigenvalue weighted by Gasteiger charge is 2.08. The van der Waals surface area contributed by atoms with Crippen molar-refractivity contribution in [1.29, 1.82) is 0 Å². The molecule has 0 aromatic carbocycles.